The molecule has 2 rings (SSSR count). The third-order valence-corrected chi connectivity index (χ3v) is 3.52. The standard InChI is InChI=1S/C18H22O/c1-13(2)18(15-8-5-7-14(3)11-15)16-9-6-10-17(12-16)19-4/h5-13,18H,1-4H3. The zero-order valence-corrected chi connectivity index (χ0v) is 12.2. The number of hydrogen-bond donors (Lipinski definition) is 0. The van der Waals surface area contributed by atoms with Crippen molar-refractivity contribution in [3.05, 3.63) is 65.2 Å². The molecule has 0 amide bonds. The Labute approximate surface area is 116 Å². The van der Waals surface area contributed by atoms with Gasteiger partial charge in [-0.3, -0.25) is 0 Å². The molecule has 0 radical (unpaired) electrons. The fourth-order valence-corrected chi connectivity index (χ4v) is 2.66. The number of methoxy groups -OCH3 is 1. The topological polar surface area (TPSA) is 9.23 Å². The number of rotatable bonds is 4. The molecule has 0 bridgehead atoms. The summed E-state index contributed by atoms with van der Waals surface area (Å²) in [5.41, 5.74) is 4.01. The summed E-state index contributed by atoms with van der Waals surface area (Å²) in [6, 6.07) is 17.2. The number of hydrogen-bond acceptors (Lipinski definition) is 1. The molecule has 0 aromatic heterocycles. The number of ether oxygens (including phenoxy) is 1. The summed E-state index contributed by atoms with van der Waals surface area (Å²) in [6.07, 6.45) is 0. The van der Waals surface area contributed by atoms with E-state index in [0.717, 1.165) is 5.75 Å². The molecule has 1 heteroatoms. The van der Waals surface area contributed by atoms with E-state index in [1.165, 1.54) is 16.7 Å². The highest BCUT2D eigenvalue weighted by molar-refractivity contribution is 5.38. The summed E-state index contributed by atoms with van der Waals surface area (Å²) in [4.78, 5) is 0. The van der Waals surface area contributed by atoms with Crippen molar-refractivity contribution in [2.75, 3.05) is 7.11 Å². The van der Waals surface area contributed by atoms with Crippen molar-refractivity contribution in [2.24, 2.45) is 5.92 Å². The fraction of sp³-hybridized carbons (Fsp3) is 0.333. The summed E-state index contributed by atoms with van der Waals surface area (Å²) in [7, 11) is 1.72. The van der Waals surface area contributed by atoms with Crippen molar-refractivity contribution in [3.63, 3.8) is 0 Å². The Hall–Kier alpha value is -1.76. The minimum absolute atomic E-state index is 0.412. The van der Waals surface area contributed by atoms with Crippen molar-refractivity contribution in [3.8, 4) is 5.75 Å². The van der Waals surface area contributed by atoms with Crippen LogP contribution in [0.25, 0.3) is 0 Å². The minimum Gasteiger partial charge on any atom is -0.497 e. The van der Waals surface area contributed by atoms with Crippen molar-refractivity contribution in [1.82, 2.24) is 0 Å². The lowest BCUT2D eigenvalue weighted by Crippen LogP contribution is -2.09. The Bertz CT molecular complexity index is 543. The molecular weight excluding hydrogens is 232 g/mol. The van der Waals surface area contributed by atoms with Crippen LogP contribution in [0.3, 0.4) is 0 Å². The van der Waals surface area contributed by atoms with Crippen LogP contribution >= 0.6 is 0 Å². The first kappa shape index (κ1) is 13.7. The van der Waals surface area contributed by atoms with E-state index < -0.39 is 0 Å². The molecule has 0 aliphatic heterocycles. The Morgan fingerprint density at radius 2 is 1.53 bits per heavy atom. The quantitative estimate of drug-likeness (QED) is 0.762. The van der Waals surface area contributed by atoms with E-state index in [0.29, 0.717) is 11.8 Å². The smallest absolute Gasteiger partial charge is 0.119 e. The maximum absolute atomic E-state index is 5.34. The van der Waals surface area contributed by atoms with Gasteiger partial charge in [0.05, 0.1) is 7.11 Å². The van der Waals surface area contributed by atoms with Crippen LogP contribution in [0.4, 0.5) is 0 Å². The van der Waals surface area contributed by atoms with Crippen molar-refractivity contribution >= 4 is 0 Å². The van der Waals surface area contributed by atoms with Gasteiger partial charge in [0.25, 0.3) is 0 Å². The summed E-state index contributed by atoms with van der Waals surface area (Å²) < 4.78 is 5.34. The zero-order chi connectivity index (χ0) is 13.8. The normalized spacial score (nSPS) is 12.5. The molecule has 1 atom stereocenters. The number of aryl methyl sites for hydroxylation is 1. The molecule has 0 aliphatic rings. The van der Waals surface area contributed by atoms with E-state index in [1.54, 1.807) is 7.11 Å². The molecule has 100 valence electrons. The van der Waals surface area contributed by atoms with Gasteiger partial charge in [0.2, 0.25) is 0 Å². The van der Waals surface area contributed by atoms with Crippen molar-refractivity contribution in [2.45, 2.75) is 26.7 Å². The highest BCUT2D eigenvalue weighted by atomic mass is 16.5. The van der Waals surface area contributed by atoms with Crippen LogP contribution in [0.5, 0.6) is 5.75 Å². The van der Waals surface area contributed by atoms with Crippen LogP contribution in [0, 0.1) is 12.8 Å². The second-order valence-corrected chi connectivity index (χ2v) is 5.41. The van der Waals surface area contributed by atoms with Crippen molar-refractivity contribution in [1.29, 1.82) is 0 Å². The van der Waals surface area contributed by atoms with Crippen LogP contribution in [0.1, 0.15) is 36.5 Å². The van der Waals surface area contributed by atoms with E-state index in [2.05, 4.69) is 63.2 Å². The van der Waals surface area contributed by atoms with Gasteiger partial charge >= 0.3 is 0 Å². The summed E-state index contributed by atoms with van der Waals surface area (Å²) in [5, 5.41) is 0. The molecule has 1 unspecified atom stereocenters. The van der Waals surface area contributed by atoms with Gasteiger partial charge in [0, 0.05) is 5.92 Å². The lowest BCUT2D eigenvalue weighted by atomic mass is 9.82. The lowest BCUT2D eigenvalue weighted by molar-refractivity contribution is 0.413. The number of benzene rings is 2. The average Bonchev–Trinajstić information content (AvgIpc) is 2.39. The molecule has 19 heavy (non-hydrogen) atoms. The summed E-state index contributed by atoms with van der Waals surface area (Å²) in [5.74, 6) is 1.89. The largest absolute Gasteiger partial charge is 0.497 e. The molecule has 0 spiro atoms. The molecule has 2 aromatic rings. The maximum Gasteiger partial charge on any atom is 0.119 e. The predicted octanol–water partition coefficient (Wildman–Crippen LogP) is 4.79. The van der Waals surface area contributed by atoms with E-state index in [-0.39, 0.29) is 0 Å². The highest BCUT2D eigenvalue weighted by Crippen LogP contribution is 2.33. The maximum atomic E-state index is 5.34. The molecular formula is C18H22O. The minimum atomic E-state index is 0.412. The average molecular weight is 254 g/mol. The van der Waals surface area contributed by atoms with Gasteiger partial charge in [-0.1, -0.05) is 55.8 Å². The highest BCUT2D eigenvalue weighted by Gasteiger charge is 2.18. The molecule has 2 aromatic carbocycles. The van der Waals surface area contributed by atoms with Gasteiger partial charge in [-0.2, -0.15) is 0 Å². The van der Waals surface area contributed by atoms with E-state index in [1.807, 2.05) is 6.07 Å². The Morgan fingerprint density at radius 3 is 2.11 bits per heavy atom. The molecule has 0 fully saturated rings. The Kier molecular flexibility index (Phi) is 4.26. The first-order valence-electron chi connectivity index (χ1n) is 6.82. The molecule has 0 saturated carbocycles. The third kappa shape index (κ3) is 3.17. The van der Waals surface area contributed by atoms with Crippen LogP contribution in [0.15, 0.2) is 48.5 Å². The van der Waals surface area contributed by atoms with Gasteiger partial charge in [0.1, 0.15) is 5.75 Å². The fourth-order valence-electron chi connectivity index (χ4n) is 2.66. The van der Waals surface area contributed by atoms with Crippen LogP contribution in [-0.2, 0) is 0 Å². The van der Waals surface area contributed by atoms with E-state index in [4.69, 9.17) is 4.74 Å². The predicted molar refractivity (Wildman–Crippen MR) is 80.9 cm³/mol. The van der Waals surface area contributed by atoms with Gasteiger partial charge in [-0.15, -0.1) is 0 Å². The van der Waals surface area contributed by atoms with E-state index >= 15 is 0 Å². The van der Waals surface area contributed by atoms with Crippen LogP contribution in [0.2, 0.25) is 0 Å². The van der Waals surface area contributed by atoms with Gasteiger partial charge < -0.3 is 4.74 Å². The Balaban J connectivity index is 2.45. The monoisotopic (exact) mass is 254 g/mol. The van der Waals surface area contributed by atoms with Crippen molar-refractivity contribution < 1.29 is 4.74 Å². The molecule has 0 N–H and O–H groups in total. The van der Waals surface area contributed by atoms with Crippen LogP contribution < -0.4 is 4.74 Å². The summed E-state index contributed by atoms with van der Waals surface area (Å²) in [6.45, 7) is 6.69. The first-order valence-corrected chi connectivity index (χ1v) is 6.82. The van der Waals surface area contributed by atoms with Gasteiger partial charge in [0.15, 0.2) is 0 Å². The van der Waals surface area contributed by atoms with Gasteiger partial charge in [-0.25, -0.2) is 0 Å². The SMILES string of the molecule is COc1cccc(C(c2cccc(C)c2)C(C)C)c1. The Morgan fingerprint density at radius 1 is 0.895 bits per heavy atom. The zero-order valence-electron chi connectivity index (χ0n) is 12.2. The summed E-state index contributed by atoms with van der Waals surface area (Å²) >= 11 is 0. The van der Waals surface area contributed by atoms with Gasteiger partial charge in [-0.05, 0) is 36.1 Å². The molecule has 0 saturated heterocycles. The van der Waals surface area contributed by atoms with Crippen LogP contribution in [-0.4, -0.2) is 7.11 Å². The molecule has 0 aliphatic carbocycles. The third-order valence-electron chi connectivity index (χ3n) is 3.52. The van der Waals surface area contributed by atoms with E-state index in [9.17, 15) is 0 Å². The molecule has 0 heterocycles. The second kappa shape index (κ2) is 5.92. The lowest BCUT2D eigenvalue weighted by Gasteiger charge is -2.23. The first-order chi connectivity index (χ1) is 9.11. The second-order valence-electron chi connectivity index (χ2n) is 5.41. The molecule has 1 nitrogen and oxygen atoms in total.